The summed E-state index contributed by atoms with van der Waals surface area (Å²) in [6.07, 6.45) is 0. The van der Waals surface area contributed by atoms with Gasteiger partial charge in [0.1, 0.15) is 5.76 Å². The maximum absolute atomic E-state index is 5.61. The van der Waals surface area contributed by atoms with Gasteiger partial charge in [-0.1, -0.05) is 48.5 Å². The first-order valence-electron chi connectivity index (χ1n) is 7.05. The number of hydrogen-bond donors (Lipinski definition) is 1. The highest BCUT2D eigenvalue weighted by Crippen LogP contribution is 2.27. The third kappa shape index (κ3) is 2.97. The average molecular weight is 278 g/mol. The van der Waals surface area contributed by atoms with Crippen LogP contribution in [0.15, 0.2) is 59.0 Å². The van der Waals surface area contributed by atoms with Crippen LogP contribution < -0.4 is 5.32 Å². The SMILES string of the molecule is Cc1nc(CNc2ccccc2-c2ccccc2)oc1C. The minimum atomic E-state index is 0.582. The van der Waals surface area contributed by atoms with Gasteiger partial charge in [0.15, 0.2) is 0 Å². The molecule has 0 saturated carbocycles. The summed E-state index contributed by atoms with van der Waals surface area (Å²) in [4.78, 5) is 4.40. The largest absolute Gasteiger partial charge is 0.444 e. The van der Waals surface area contributed by atoms with Gasteiger partial charge in [0.25, 0.3) is 0 Å². The number of para-hydroxylation sites is 1. The van der Waals surface area contributed by atoms with Crippen molar-refractivity contribution in [1.82, 2.24) is 4.98 Å². The summed E-state index contributed by atoms with van der Waals surface area (Å²) in [7, 11) is 0. The molecule has 0 aliphatic carbocycles. The number of aryl methyl sites for hydroxylation is 2. The predicted molar refractivity (Wildman–Crippen MR) is 85.2 cm³/mol. The molecule has 1 heterocycles. The Morgan fingerprint density at radius 2 is 1.67 bits per heavy atom. The standard InChI is InChI=1S/C18H18N2O/c1-13-14(2)21-18(20-13)12-19-17-11-7-6-10-16(17)15-8-4-3-5-9-15/h3-11,19H,12H2,1-2H3. The van der Waals surface area contributed by atoms with Gasteiger partial charge in [0.2, 0.25) is 5.89 Å². The molecule has 3 rings (SSSR count). The van der Waals surface area contributed by atoms with Crippen LogP contribution in [-0.4, -0.2) is 4.98 Å². The van der Waals surface area contributed by atoms with E-state index in [2.05, 4.69) is 34.6 Å². The molecule has 0 atom stereocenters. The van der Waals surface area contributed by atoms with Crippen LogP contribution in [0.2, 0.25) is 0 Å². The molecule has 0 unspecified atom stereocenters. The van der Waals surface area contributed by atoms with E-state index in [9.17, 15) is 0 Å². The van der Waals surface area contributed by atoms with Gasteiger partial charge >= 0.3 is 0 Å². The lowest BCUT2D eigenvalue weighted by atomic mass is 10.0. The normalized spacial score (nSPS) is 10.6. The molecule has 21 heavy (non-hydrogen) atoms. The summed E-state index contributed by atoms with van der Waals surface area (Å²) < 4.78 is 5.61. The predicted octanol–water partition coefficient (Wildman–Crippen LogP) is 4.57. The van der Waals surface area contributed by atoms with E-state index in [0.29, 0.717) is 12.4 Å². The third-order valence-electron chi connectivity index (χ3n) is 3.51. The van der Waals surface area contributed by atoms with Crippen molar-refractivity contribution < 1.29 is 4.42 Å². The number of benzene rings is 2. The smallest absolute Gasteiger partial charge is 0.213 e. The first-order chi connectivity index (χ1) is 10.2. The lowest BCUT2D eigenvalue weighted by Gasteiger charge is -2.10. The lowest BCUT2D eigenvalue weighted by Crippen LogP contribution is -2.01. The molecule has 106 valence electrons. The van der Waals surface area contributed by atoms with Gasteiger partial charge in [-0.2, -0.15) is 0 Å². The fourth-order valence-electron chi connectivity index (χ4n) is 2.29. The monoisotopic (exact) mass is 278 g/mol. The first kappa shape index (κ1) is 13.4. The molecular formula is C18H18N2O. The van der Waals surface area contributed by atoms with Gasteiger partial charge in [-0.15, -0.1) is 0 Å². The van der Waals surface area contributed by atoms with Crippen molar-refractivity contribution in [3.8, 4) is 11.1 Å². The van der Waals surface area contributed by atoms with Gasteiger partial charge in [-0.25, -0.2) is 4.98 Å². The second-order valence-corrected chi connectivity index (χ2v) is 5.01. The van der Waals surface area contributed by atoms with Crippen LogP contribution in [0.25, 0.3) is 11.1 Å². The van der Waals surface area contributed by atoms with Crippen molar-refractivity contribution >= 4 is 5.69 Å². The molecular weight excluding hydrogens is 260 g/mol. The van der Waals surface area contributed by atoms with Gasteiger partial charge in [-0.05, 0) is 25.5 Å². The fourth-order valence-corrected chi connectivity index (χ4v) is 2.29. The zero-order valence-corrected chi connectivity index (χ0v) is 12.3. The van der Waals surface area contributed by atoms with E-state index in [1.165, 1.54) is 11.1 Å². The van der Waals surface area contributed by atoms with Crippen LogP contribution in [0.4, 0.5) is 5.69 Å². The fraction of sp³-hybridized carbons (Fsp3) is 0.167. The highest BCUT2D eigenvalue weighted by atomic mass is 16.4. The van der Waals surface area contributed by atoms with Crippen molar-refractivity contribution in [1.29, 1.82) is 0 Å². The Morgan fingerprint density at radius 1 is 0.952 bits per heavy atom. The molecule has 3 aromatic rings. The summed E-state index contributed by atoms with van der Waals surface area (Å²) in [5, 5.41) is 3.41. The molecule has 1 N–H and O–H groups in total. The Labute approximate surface area is 124 Å². The van der Waals surface area contributed by atoms with Crippen molar-refractivity contribution in [3.63, 3.8) is 0 Å². The first-order valence-corrected chi connectivity index (χ1v) is 7.05. The second-order valence-electron chi connectivity index (χ2n) is 5.01. The van der Waals surface area contributed by atoms with Gasteiger partial charge in [0.05, 0.1) is 12.2 Å². The number of rotatable bonds is 4. The van der Waals surface area contributed by atoms with E-state index in [1.54, 1.807) is 0 Å². The van der Waals surface area contributed by atoms with E-state index >= 15 is 0 Å². The molecule has 0 aliphatic heterocycles. The van der Waals surface area contributed by atoms with Crippen LogP contribution in [0.5, 0.6) is 0 Å². The number of nitrogens with one attached hydrogen (secondary N) is 1. The molecule has 0 amide bonds. The van der Waals surface area contributed by atoms with Crippen LogP contribution in [-0.2, 0) is 6.54 Å². The zero-order chi connectivity index (χ0) is 14.7. The Bertz CT molecular complexity index is 712. The van der Waals surface area contributed by atoms with Crippen molar-refractivity contribution in [2.45, 2.75) is 20.4 Å². The molecule has 0 bridgehead atoms. The summed E-state index contributed by atoms with van der Waals surface area (Å²) >= 11 is 0. The molecule has 0 saturated heterocycles. The molecule has 0 fully saturated rings. The van der Waals surface area contributed by atoms with Gasteiger partial charge in [0, 0.05) is 11.3 Å². The van der Waals surface area contributed by atoms with Gasteiger partial charge in [-0.3, -0.25) is 0 Å². The van der Waals surface area contributed by atoms with E-state index in [-0.39, 0.29) is 0 Å². The summed E-state index contributed by atoms with van der Waals surface area (Å²) in [5.41, 5.74) is 4.40. The maximum atomic E-state index is 5.61. The number of nitrogens with zero attached hydrogens (tertiary/aromatic N) is 1. The van der Waals surface area contributed by atoms with Crippen LogP contribution >= 0.6 is 0 Å². The molecule has 3 heteroatoms. The Kier molecular flexibility index (Phi) is 3.73. The summed E-state index contributed by atoms with van der Waals surface area (Å²) in [6, 6.07) is 18.6. The number of anilines is 1. The van der Waals surface area contributed by atoms with Crippen molar-refractivity contribution in [2.24, 2.45) is 0 Å². The number of oxazole rings is 1. The summed E-state index contributed by atoms with van der Waals surface area (Å²) in [6.45, 7) is 4.47. The highest BCUT2D eigenvalue weighted by Gasteiger charge is 2.07. The molecule has 1 aromatic heterocycles. The van der Waals surface area contributed by atoms with E-state index in [4.69, 9.17) is 4.42 Å². The maximum Gasteiger partial charge on any atom is 0.213 e. The molecule has 0 aliphatic rings. The van der Waals surface area contributed by atoms with Crippen LogP contribution in [0.3, 0.4) is 0 Å². The molecule has 0 spiro atoms. The summed E-state index contributed by atoms with van der Waals surface area (Å²) in [5.74, 6) is 1.59. The zero-order valence-electron chi connectivity index (χ0n) is 12.3. The molecule has 2 aromatic carbocycles. The van der Waals surface area contributed by atoms with Crippen LogP contribution in [0, 0.1) is 13.8 Å². The quantitative estimate of drug-likeness (QED) is 0.759. The Morgan fingerprint density at radius 3 is 2.38 bits per heavy atom. The van der Waals surface area contributed by atoms with Crippen molar-refractivity contribution in [2.75, 3.05) is 5.32 Å². The number of aromatic nitrogens is 1. The van der Waals surface area contributed by atoms with Gasteiger partial charge < -0.3 is 9.73 Å². The minimum absolute atomic E-state index is 0.582. The topological polar surface area (TPSA) is 38.1 Å². The minimum Gasteiger partial charge on any atom is -0.444 e. The molecule has 0 radical (unpaired) electrons. The Hall–Kier alpha value is -2.55. The van der Waals surface area contributed by atoms with E-state index in [0.717, 1.165) is 17.1 Å². The third-order valence-corrected chi connectivity index (χ3v) is 3.51. The van der Waals surface area contributed by atoms with Crippen LogP contribution in [0.1, 0.15) is 17.3 Å². The average Bonchev–Trinajstić information content (AvgIpc) is 2.85. The second kappa shape index (κ2) is 5.83. The van der Waals surface area contributed by atoms with E-state index in [1.807, 2.05) is 44.2 Å². The van der Waals surface area contributed by atoms with E-state index < -0.39 is 0 Å². The molecule has 3 nitrogen and oxygen atoms in total. The Balaban J connectivity index is 1.83. The lowest BCUT2D eigenvalue weighted by molar-refractivity contribution is 0.478. The number of hydrogen-bond acceptors (Lipinski definition) is 3. The highest BCUT2D eigenvalue weighted by molar-refractivity contribution is 5.77. The van der Waals surface area contributed by atoms with Crippen molar-refractivity contribution in [3.05, 3.63) is 71.9 Å².